The second-order valence-electron chi connectivity index (χ2n) is 4.49. The molecule has 0 amide bonds. The van der Waals surface area contributed by atoms with Crippen molar-refractivity contribution in [3.05, 3.63) is 59.5 Å². The summed E-state index contributed by atoms with van der Waals surface area (Å²) >= 11 is 6.04. The third kappa shape index (κ3) is 3.69. The van der Waals surface area contributed by atoms with E-state index in [1.54, 1.807) is 12.1 Å². The van der Waals surface area contributed by atoms with Gasteiger partial charge in [-0.2, -0.15) is 0 Å². The molecule has 114 valence electrons. The number of ether oxygens (including phenoxy) is 1. The molecule has 22 heavy (non-hydrogen) atoms. The molecule has 0 unspecified atom stereocenters. The van der Waals surface area contributed by atoms with Crippen LogP contribution >= 0.6 is 11.6 Å². The molecule has 2 aromatic rings. The molecule has 0 saturated heterocycles. The number of nitrogens with zero attached hydrogens (tertiary/aromatic N) is 1. The average molecular weight is 321 g/mol. The summed E-state index contributed by atoms with van der Waals surface area (Å²) in [5.74, 6) is -0.748. The minimum absolute atomic E-state index is 0.0325. The minimum atomic E-state index is -0.387. The van der Waals surface area contributed by atoms with Crippen molar-refractivity contribution < 1.29 is 13.9 Å². The summed E-state index contributed by atoms with van der Waals surface area (Å²) in [6.45, 7) is 3.57. The highest BCUT2D eigenvalue weighted by Crippen LogP contribution is 2.28. The molecule has 6 heteroatoms. The van der Waals surface area contributed by atoms with Gasteiger partial charge in [0.1, 0.15) is 18.1 Å². The lowest BCUT2D eigenvalue weighted by Gasteiger charge is -2.09. The zero-order valence-electron chi connectivity index (χ0n) is 11.7. The second kappa shape index (κ2) is 7.15. The molecule has 0 atom stereocenters. The lowest BCUT2D eigenvalue weighted by molar-refractivity contribution is 0.0801. The predicted octanol–water partition coefficient (Wildman–Crippen LogP) is 3.51. The van der Waals surface area contributed by atoms with Gasteiger partial charge in [-0.3, -0.25) is 4.79 Å². The number of benzene rings is 1. The van der Waals surface area contributed by atoms with Gasteiger partial charge in [0.15, 0.2) is 0 Å². The van der Waals surface area contributed by atoms with Gasteiger partial charge >= 0.3 is 0 Å². The SMILES string of the molecule is C=CCOCC(=O)c1nc(-c2ccc(F)cc2)cc(N)c1Cl. The number of pyridine rings is 1. The van der Waals surface area contributed by atoms with Crippen molar-refractivity contribution in [3.8, 4) is 11.3 Å². The molecule has 0 saturated carbocycles. The van der Waals surface area contributed by atoms with Crippen LogP contribution in [0.15, 0.2) is 43.0 Å². The van der Waals surface area contributed by atoms with Crippen molar-refractivity contribution in [3.63, 3.8) is 0 Å². The monoisotopic (exact) mass is 320 g/mol. The van der Waals surface area contributed by atoms with Gasteiger partial charge in [-0.05, 0) is 30.3 Å². The van der Waals surface area contributed by atoms with E-state index in [1.165, 1.54) is 24.3 Å². The van der Waals surface area contributed by atoms with E-state index in [2.05, 4.69) is 11.6 Å². The number of nitrogen functional groups attached to an aromatic ring is 1. The lowest BCUT2D eigenvalue weighted by atomic mass is 10.1. The molecule has 0 radical (unpaired) electrons. The fraction of sp³-hybridized carbons (Fsp3) is 0.125. The van der Waals surface area contributed by atoms with Crippen LogP contribution in [0.3, 0.4) is 0 Å². The van der Waals surface area contributed by atoms with Crippen molar-refractivity contribution in [2.45, 2.75) is 0 Å². The maximum absolute atomic E-state index is 13.0. The fourth-order valence-electron chi connectivity index (χ4n) is 1.81. The number of nitrogens with two attached hydrogens (primary N) is 1. The number of halogens is 2. The van der Waals surface area contributed by atoms with E-state index in [0.29, 0.717) is 11.3 Å². The molecule has 1 heterocycles. The first-order valence-electron chi connectivity index (χ1n) is 6.46. The summed E-state index contributed by atoms with van der Waals surface area (Å²) in [5.41, 5.74) is 7.15. The number of carbonyl (C=O) groups is 1. The minimum Gasteiger partial charge on any atom is -0.397 e. The Balaban J connectivity index is 2.36. The molecule has 4 nitrogen and oxygen atoms in total. The molecular formula is C16H14ClFN2O2. The highest BCUT2D eigenvalue weighted by atomic mass is 35.5. The lowest BCUT2D eigenvalue weighted by Crippen LogP contribution is -2.13. The van der Waals surface area contributed by atoms with E-state index in [1.807, 2.05) is 0 Å². The molecule has 0 aliphatic rings. The molecule has 0 bridgehead atoms. The van der Waals surface area contributed by atoms with E-state index < -0.39 is 0 Å². The molecular weight excluding hydrogens is 307 g/mol. The zero-order valence-corrected chi connectivity index (χ0v) is 12.4. The highest BCUT2D eigenvalue weighted by molar-refractivity contribution is 6.36. The smallest absolute Gasteiger partial charge is 0.208 e. The highest BCUT2D eigenvalue weighted by Gasteiger charge is 2.17. The Kier molecular flexibility index (Phi) is 5.25. The van der Waals surface area contributed by atoms with Crippen molar-refractivity contribution in [2.24, 2.45) is 0 Å². The number of Topliss-reactive ketones (excluding diaryl/α,β-unsaturated/α-hetero) is 1. The zero-order chi connectivity index (χ0) is 16.1. The Morgan fingerprint density at radius 3 is 2.73 bits per heavy atom. The van der Waals surface area contributed by atoms with Gasteiger partial charge in [0.25, 0.3) is 0 Å². The third-order valence-electron chi connectivity index (χ3n) is 2.86. The van der Waals surface area contributed by atoms with Crippen LogP contribution < -0.4 is 5.73 Å². The quantitative estimate of drug-likeness (QED) is 0.502. The van der Waals surface area contributed by atoms with Gasteiger partial charge in [-0.1, -0.05) is 17.7 Å². The maximum Gasteiger partial charge on any atom is 0.208 e. The van der Waals surface area contributed by atoms with Crippen molar-refractivity contribution in [2.75, 3.05) is 18.9 Å². The largest absolute Gasteiger partial charge is 0.397 e. The standard InChI is InChI=1S/C16H14ClFN2O2/c1-2-7-22-9-14(21)16-15(17)12(19)8-13(20-16)10-3-5-11(18)6-4-10/h2-6,8H,1,7,9H2,(H2,19,20). The van der Waals surface area contributed by atoms with Crippen molar-refractivity contribution in [1.82, 2.24) is 4.98 Å². The average Bonchev–Trinajstić information content (AvgIpc) is 2.50. The number of rotatable bonds is 6. The first-order chi connectivity index (χ1) is 10.5. The summed E-state index contributed by atoms with van der Waals surface area (Å²) in [5, 5.41) is 0.0815. The molecule has 0 aliphatic carbocycles. The van der Waals surface area contributed by atoms with Gasteiger partial charge in [0.2, 0.25) is 5.78 Å². The van der Waals surface area contributed by atoms with Crippen LogP contribution in [0.2, 0.25) is 5.02 Å². The van der Waals surface area contributed by atoms with E-state index in [0.717, 1.165) is 0 Å². The van der Waals surface area contributed by atoms with E-state index >= 15 is 0 Å². The summed E-state index contributed by atoms with van der Waals surface area (Å²) in [6, 6.07) is 7.24. The summed E-state index contributed by atoms with van der Waals surface area (Å²) < 4.78 is 18.1. The molecule has 0 fully saturated rings. The van der Waals surface area contributed by atoms with Gasteiger partial charge in [-0.25, -0.2) is 9.37 Å². The van der Waals surface area contributed by atoms with Gasteiger partial charge in [0, 0.05) is 5.56 Å². The van der Waals surface area contributed by atoms with Crippen molar-refractivity contribution >= 4 is 23.1 Å². The molecule has 2 rings (SSSR count). The van der Waals surface area contributed by atoms with Gasteiger partial charge in [0.05, 0.1) is 23.0 Å². The third-order valence-corrected chi connectivity index (χ3v) is 3.26. The second-order valence-corrected chi connectivity index (χ2v) is 4.87. The Hall–Kier alpha value is -2.24. The first kappa shape index (κ1) is 16.1. The normalized spacial score (nSPS) is 10.5. The number of hydrogen-bond acceptors (Lipinski definition) is 4. The van der Waals surface area contributed by atoms with Crippen LogP contribution in [0, 0.1) is 5.82 Å². The van der Waals surface area contributed by atoms with E-state index in [9.17, 15) is 9.18 Å². The fourth-order valence-corrected chi connectivity index (χ4v) is 2.01. The van der Waals surface area contributed by atoms with E-state index in [4.69, 9.17) is 22.1 Å². The van der Waals surface area contributed by atoms with Gasteiger partial charge < -0.3 is 10.5 Å². The number of ketones is 1. The molecule has 1 aromatic carbocycles. The Morgan fingerprint density at radius 2 is 2.09 bits per heavy atom. The predicted molar refractivity (Wildman–Crippen MR) is 84.4 cm³/mol. The number of anilines is 1. The molecule has 0 aliphatic heterocycles. The van der Waals surface area contributed by atoms with Crippen LogP contribution in [-0.2, 0) is 4.74 Å². The van der Waals surface area contributed by atoms with Crippen LogP contribution in [0.4, 0.5) is 10.1 Å². The topological polar surface area (TPSA) is 65.2 Å². The number of hydrogen-bond donors (Lipinski definition) is 1. The van der Waals surface area contributed by atoms with Gasteiger partial charge in [-0.15, -0.1) is 6.58 Å². The summed E-state index contributed by atoms with van der Waals surface area (Å²) in [7, 11) is 0. The Bertz CT molecular complexity index is 702. The number of aromatic nitrogens is 1. The molecule has 0 spiro atoms. The Morgan fingerprint density at radius 1 is 1.41 bits per heavy atom. The number of carbonyl (C=O) groups excluding carboxylic acids is 1. The van der Waals surface area contributed by atoms with Crippen LogP contribution in [0.25, 0.3) is 11.3 Å². The van der Waals surface area contributed by atoms with Crippen molar-refractivity contribution in [1.29, 1.82) is 0 Å². The van der Waals surface area contributed by atoms with Crippen LogP contribution in [-0.4, -0.2) is 24.0 Å². The van der Waals surface area contributed by atoms with Crippen LogP contribution in [0.5, 0.6) is 0 Å². The van der Waals surface area contributed by atoms with E-state index in [-0.39, 0.29) is 41.2 Å². The first-order valence-corrected chi connectivity index (χ1v) is 6.84. The molecule has 1 aromatic heterocycles. The molecule has 2 N–H and O–H groups in total. The maximum atomic E-state index is 13.0. The van der Waals surface area contributed by atoms with Crippen LogP contribution in [0.1, 0.15) is 10.5 Å². The Labute approximate surface area is 132 Å². The summed E-state index contributed by atoms with van der Waals surface area (Å²) in [6.07, 6.45) is 1.53. The summed E-state index contributed by atoms with van der Waals surface area (Å²) in [4.78, 5) is 16.3.